The van der Waals surface area contributed by atoms with E-state index >= 15 is 0 Å². The van der Waals surface area contributed by atoms with Gasteiger partial charge in [0.2, 0.25) is 0 Å². The maximum absolute atomic E-state index is 9.35. The van der Waals surface area contributed by atoms with Crippen molar-refractivity contribution in [3.8, 4) is 6.07 Å². The highest BCUT2D eigenvalue weighted by atomic mass is 15.0. The Kier molecular flexibility index (Phi) is 3.79. The molecule has 3 heteroatoms. The van der Waals surface area contributed by atoms with Gasteiger partial charge in [0.15, 0.2) is 0 Å². The van der Waals surface area contributed by atoms with Crippen LogP contribution in [0.3, 0.4) is 0 Å². The number of hydrogen-bond acceptors (Lipinski definition) is 3. The SMILES string of the molecule is CC1CCCC(Nc2cc(C#N)c3ccccc3n2)C1C. The summed E-state index contributed by atoms with van der Waals surface area (Å²) in [6, 6.07) is 12.5. The van der Waals surface area contributed by atoms with Crippen molar-refractivity contribution in [2.24, 2.45) is 11.8 Å². The van der Waals surface area contributed by atoms with Gasteiger partial charge in [-0.2, -0.15) is 5.26 Å². The Morgan fingerprint density at radius 3 is 2.86 bits per heavy atom. The van der Waals surface area contributed by atoms with Crippen LogP contribution in [0, 0.1) is 23.2 Å². The number of pyridine rings is 1. The van der Waals surface area contributed by atoms with Crippen molar-refractivity contribution >= 4 is 16.7 Å². The van der Waals surface area contributed by atoms with Gasteiger partial charge >= 0.3 is 0 Å². The zero-order chi connectivity index (χ0) is 14.8. The summed E-state index contributed by atoms with van der Waals surface area (Å²) in [7, 11) is 0. The van der Waals surface area contributed by atoms with Gasteiger partial charge in [0.25, 0.3) is 0 Å². The molecule has 1 saturated carbocycles. The molecule has 0 bridgehead atoms. The maximum Gasteiger partial charge on any atom is 0.128 e. The maximum atomic E-state index is 9.35. The van der Waals surface area contributed by atoms with Crippen LogP contribution in [-0.2, 0) is 0 Å². The molecule has 3 rings (SSSR count). The smallest absolute Gasteiger partial charge is 0.128 e. The molecule has 1 aromatic carbocycles. The predicted molar refractivity (Wildman–Crippen MR) is 86.0 cm³/mol. The zero-order valence-corrected chi connectivity index (χ0v) is 12.6. The number of fused-ring (bicyclic) bond motifs is 1. The minimum Gasteiger partial charge on any atom is -0.367 e. The quantitative estimate of drug-likeness (QED) is 0.889. The normalized spacial score (nSPS) is 25.5. The lowest BCUT2D eigenvalue weighted by Crippen LogP contribution is -2.35. The summed E-state index contributed by atoms with van der Waals surface area (Å²) in [5, 5.41) is 13.8. The van der Waals surface area contributed by atoms with Gasteiger partial charge in [0, 0.05) is 11.4 Å². The van der Waals surface area contributed by atoms with Gasteiger partial charge in [-0.15, -0.1) is 0 Å². The number of anilines is 1. The fourth-order valence-corrected chi connectivity index (χ4v) is 3.32. The van der Waals surface area contributed by atoms with Gasteiger partial charge in [-0.3, -0.25) is 0 Å². The van der Waals surface area contributed by atoms with E-state index in [4.69, 9.17) is 0 Å². The first-order valence-electron chi connectivity index (χ1n) is 7.75. The molecular weight excluding hydrogens is 258 g/mol. The van der Waals surface area contributed by atoms with Crippen molar-refractivity contribution in [1.29, 1.82) is 5.26 Å². The summed E-state index contributed by atoms with van der Waals surface area (Å²) in [4.78, 5) is 4.68. The molecule has 3 atom stereocenters. The monoisotopic (exact) mass is 279 g/mol. The summed E-state index contributed by atoms with van der Waals surface area (Å²) in [5.41, 5.74) is 1.58. The van der Waals surface area contributed by atoms with Crippen LogP contribution >= 0.6 is 0 Å². The minimum atomic E-state index is 0.453. The molecule has 0 saturated heterocycles. The van der Waals surface area contributed by atoms with Crippen LogP contribution in [0.1, 0.15) is 38.7 Å². The van der Waals surface area contributed by atoms with Crippen molar-refractivity contribution in [3.63, 3.8) is 0 Å². The van der Waals surface area contributed by atoms with Crippen LogP contribution in [0.5, 0.6) is 0 Å². The highest BCUT2D eigenvalue weighted by Crippen LogP contribution is 2.32. The van der Waals surface area contributed by atoms with Crippen LogP contribution in [0.2, 0.25) is 0 Å². The Morgan fingerprint density at radius 1 is 1.24 bits per heavy atom. The van der Waals surface area contributed by atoms with Gasteiger partial charge in [-0.25, -0.2) is 4.98 Å². The van der Waals surface area contributed by atoms with E-state index in [-0.39, 0.29) is 0 Å². The van der Waals surface area contributed by atoms with Crippen LogP contribution < -0.4 is 5.32 Å². The average molecular weight is 279 g/mol. The predicted octanol–water partition coefficient (Wildman–Crippen LogP) is 4.34. The molecular formula is C18H21N3. The third-order valence-corrected chi connectivity index (χ3v) is 4.88. The first kappa shape index (κ1) is 13.9. The second-order valence-corrected chi connectivity index (χ2v) is 6.20. The fourth-order valence-electron chi connectivity index (χ4n) is 3.32. The van der Waals surface area contributed by atoms with Crippen LogP contribution in [0.25, 0.3) is 10.9 Å². The van der Waals surface area contributed by atoms with Gasteiger partial charge in [0.1, 0.15) is 5.82 Å². The lowest BCUT2D eigenvalue weighted by molar-refractivity contribution is 0.253. The van der Waals surface area contributed by atoms with E-state index in [0.717, 1.165) is 22.6 Å². The summed E-state index contributed by atoms with van der Waals surface area (Å²) in [5.74, 6) is 2.21. The highest BCUT2D eigenvalue weighted by Gasteiger charge is 2.27. The van der Waals surface area contributed by atoms with Crippen LogP contribution in [0.15, 0.2) is 30.3 Å². The molecule has 108 valence electrons. The number of nitriles is 1. The molecule has 21 heavy (non-hydrogen) atoms. The molecule has 1 aliphatic carbocycles. The number of rotatable bonds is 2. The third-order valence-electron chi connectivity index (χ3n) is 4.88. The second-order valence-electron chi connectivity index (χ2n) is 6.20. The number of nitrogens with zero attached hydrogens (tertiary/aromatic N) is 2. The summed E-state index contributed by atoms with van der Waals surface area (Å²) in [6.45, 7) is 4.64. The van der Waals surface area contributed by atoms with Gasteiger partial charge in [-0.1, -0.05) is 44.9 Å². The van der Waals surface area contributed by atoms with E-state index in [9.17, 15) is 5.26 Å². The number of aromatic nitrogens is 1. The summed E-state index contributed by atoms with van der Waals surface area (Å²) in [6.07, 6.45) is 3.76. The van der Waals surface area contributed by atoms with E-state index in [1.807, 2.05) is 30.3 Å². The lowest BCUT2D eigenvalue weighted by atomic mass is 9.78. The molecule has 3 unspecified atom stereocenters. The van der Waals surface area contributed by atoms with Crippen molar-refractivity contribution in [2.75, 3.05) is 5.32 Å². The molecule has 2 aromatic rings. The molecule has 0 spiro atoms. The number of nitrogens with one attached hydrogen (secondary N) is 1. The Morgan fingerprint density at radius 2 is 2.05 bits per heavy atom. The molecule has 1 N–H and O–H groups in total. The molecule has 1 fully saturated rings. The van der Waals surface area contributed by atoms with Gasteiger partial charge in [0.05, 0.1) is 17.1 Å². The van der Waals surface area contributed by atoms with Gasteiger partial charge < -0.3 is 5.32 Å². The summed E-state index contributed by atoms with van der Waals surface area (Å²) < 4.78 is 0. The molecule has 0 amide bonds. The van der Waals surface area contributed by atoms with E-state index in [0.29, 0.717) is 17.5 Å². The molecule has 1 aromatic heterocycles. The summed E-state index contributed by atoms with van der Waals surface area (Å²) >= 11 is 0. The molecule has 0 radical (unpaired) electrons. The molecule has 1 heterocycles. The van der Waals surface area contributed by atoms with Crippen molar-refractivity contribution in [3.05, 3.63) is 35.9 Å². The van der Waals surface area contributed by atoms with Crippen molar-refractivity contribution < 1.29 is 0 Å². The number of para-hydroxylation sites is 1. The Balaban J connectivity index is 1.92. The van der Waals surface area contributed by atoms with Crippen molar-refractivity contribution in [2.45, 2.75) is 39.2 Å². The van der Waals surface area contributed by atoms with Crippen LogP contribution in [0.4, 0.5) is 5.82 Å². The lowest BCUT2D eigenvalue weighted by Gasteiger charge is -2.35. The van der Waals surface area contributed by atoms with Crippen LogP contribution in [-0.4, -0.2) is 11.0 Å². The molecule has 3 nitrogen and oxygen atoms in total. The Hall–Kier alpha value is -2.08. The topological polar surface area (TPSA) is 48.7 Å². The van der Waals surface area contributed by atoms with Gasteiger partial charge in [-0.05, 0) is 30.4 Å². The standard InChI is InChI=1S/C18H21N3/c1-12-6-5-9-16(13(12)2)20-18-10-14(11-19)15-7-3-4-8-17(15)21-18/h3-4,7-8,10,12-13,16H,5-6,9H2,1-2H3,(H,20,21). The fraction of sp³-hybridized carbons (Fsp3) is 0.444. The number of hydrogen-bond donors (Lipinski definition) is 1. The largest absolute Gasteiger partial charge is 0.367 e. The first-order chi connectivity index (χ1) is 10.2. The Bertz CT molecular complexity index is 686. The first-order valence-corrected chi connectivity index (χ1v) is 7.75. The zero-order valence-electron chi connectivity index (χ0n) is 12.6. The minimum absolute atomic E-state index is 0.453. The molecule has 0 aliphatic heterocycles. The second kappa shape index (κ2) is 5.73. The Labute approximate surface area is 126 Å². The third kappa shape index (κ3) is 2.71. The van der Waals surface area contributed by atoms with E-state index in [1.54, 1.807) is 0 Å². The highest BCUT2D eigenvalue weighted by molar-refractivity contribution is 5.86. The number of benzene rings is 1. The molecule has 1 aliphatic rings. The van der Waals surface area contributed by atoms with Crippen molar-refractivity contribution in [1.82, 2.24) is 4.98 Å². The van der Waals surface area contributed by atoms with E-state index in [1.165, 1.54) is 19.3 Å². The average Bonchev–Trinajstić information content (AvgIpc) is 2.51. The van der Waals surface area contributed by atoms with E-state index in [2.05, 4.69) is 30.2 Å². The van der Waals surface area contributed by atoms with E-state index < -0.39 is 0 Å².